The summed E-state index contributed by atoms with van der Waals surface area (Å²) in [6, 6.07) is 9.15. The summed E-state index contributed by atoms with van der Waals surface area (Å²) in [4.78, 5) is 21.3. The van der Waals surface area contributed by atoms with E-state index < -0.39 is 24.5 Å². The lowest BCUT2D eigenvalue weighted by Gasteiger charge is -2.13. The van der Waals surface area contributed by atoms with Gasteiger partial charge < -0.3 is 18.9 Å². The molecular formula is C18H24O6. The lowest BCUT2D eigenvalue weighted by molar-refractivity contribution is -0.167. The van der Waals surface area contributed by atoms with Crippen LogP contribution in [0.15, 0.2) is 55.6 Å². The Balaban J connectivity index is 0.000000470. The Morgan fingerprint density at radius 2 is 1.50 bits per heavy atom. The number of para-hydroxylation sites is 1. The Kier molecular flexibility index (Phi) is 11.5. The van der Waals surface area contributed by atoms with Gasteiger partial charge in [0.1, 0.15) is 5.75 Å². The molecule has 0 spiro atoms. The van der Waals surface area contributed by atoms with Crippen molar-refractivity contribution in [3.8, 4) is 5.75 Å². The van der Waals surface area contributed by atoms with Gasteiger partial charge >= 0.3 is 11.9 Å². The summed E-state index contributed by atoms with van der Waals surface area (Å²) in [5.74, 6) is -0.286. The Morgan fingerprint density at radius 1 is 1.00 bits per heavy atom. The van der Waals surface area contributed by atoms with Crippen molar-refractivity contribution in [3.63, 3.8) is 0 Å². The second-order valence-electron chi connectivity index (χ2n) is 4.30. The van der Waals surface area contributed by atoms with E-state index in [2.05, 4.69) is 17.9 Å². The number of hydrogen-bond acceptors (Lipinski definition) is 6. The molecule has 6 heteroatoms. The molecule has 0 radical (unpaired) electrons. The van der Waals surface area contributed by atoms with Crippen LogP contribution in [0, 0.1) is 0 Å². The first kappa shape index (κ1) is 21.4. The van der Waals surface area contributed by atoms with Crippen molar-refractivity contribution in [2.45, 2.75) is 33.4 Å². The third kappa shape index (κ3) is 11.0. The van der Waals surface area contributed by atoms with Crippen LogP contribution >= 0.6 is 0 Å². The summed E-state index contributed by atoms with van der Waals surface area (Å²) in [5.41, 5.74) is 0. The van der Waals surface area contributed by atoms with Crippen molar-refractivity contribution in [2.24, 2.45) is 0 Å². The van der Waals surface area contributed by atoms with Crippen LogP contribution in [0.2, 0.25) is 0 Å². The smallest absolute Gasteiger partial charge is 0.333 e. The fourth-order valence-electron chi connectivity index (χ4n) is 1.41. The molecule has 0 amide bonds. The molecular weight excluding hydrogens is 312 g/mol. The summed E-state index contributed by atoms with van der Waals surface area (Å²) >= 11 is 0. The Bertz CT molecular complexity index is 512. The van der Waals surface area contributed by atoms with E-state index in [0.717, 1.165) is 12.2 Å². The van der Waals surface area contributed by atoms with Crippen molar-refractivity contribution in [1.29, 1.82) is 0 Å². The maximum Gasteiger partial charge on any atom is 0.333 e. The van der Waals surface area contributed by atoms with Gasteiger partial charge in [0.15, 0.2) is 6.29 Å². The molecule has 0 aliphatic carbocycles. The number of esters is 2. The number of ether oxygens (including phenoxy) is 4. The predicted molar refractivity (Wildman–Crippen MR) is 90.2 cm³/mol. The van der Waals surface area contributed by atoms with Crippen LogP contribution in [0.1, 0.15) is 20.8 Å². The molecule has 132 valence electrons. The minimum absolute atomic E-state index is 0.457. The molecule has 1 aromatic carbocycles. The zero-order chi connectivity index (χ0) is 18.4. The zero-order valence-electron chi connectivity index (χ0n) is 14.3. The number of carbonyl (C=O) groups is 2. The van der Waals surface area contributed by atoms with Gasteiger partial charge in [-0.3, -0.25) is 0 Å². The highest BCUT2D eigenvalue weighted by Crippen LogP contribution is 2.11. The van der Waals surface area contributed by atoms with Crippen molar-refractivity contribution in [1.82, 2.24) is 0 Å². The van der Waals surface area contributed by atoms with E-state index in [1.165, 1.54) is 0 Å². The fourth-order valence-corrected chi connectivity index (χ4v) is 1.41. The summed E-state index contributed by atoms with van der Waals surface area (Å²) in [6.07, 6.45) is 1.12. The molecule has 6 nitrogen and oxygen atoms in total. The van der Waals surface area contributed by atoms with Gasteiger partial charge in [0.05, 0.1) is 0 Å². The molecule has 0 N–H and O–H groups in total. The minimum Gasteiger partial charge on any atom is -0.455 e. The van der Waals surface area contributed by atoms with Gasteiger partial charge in [-0.2, -0.15) is 0 Å². The van der Waals surface area contributed by atoms with Crippen molar-refractivity contribution in [2.75, 3.05) is 6.61 Å². The molecule has 24 heavy (non-hydrogen) atoms. The topological polar surface area (TPSA) is 71.1 Å². The third-order valence-corrected chi connectivity index (χ3v) is 2.34. The van der Waals surface area contributed by atoms with Gasteiger partial charge in [0.25, 0.3) is 0 Å². The van der Waals surface area contributed by atoms with Gasteiger partial charge in [-0.25, -0.2) is 9.59 Å². The summed E-state index contributed by atoms with van der Waals surface area (Å²) in [6.45, 7) is 12.2. The Morgan fingerprint density at radius 3 is 1.96 bits per heavy atom. The first-order valence-corrected chi connectivity index (χ1v) is 7.42. The maximum absolute atomic E-state index is 10.8. The molecule has 0 saturated carbocycles. The second kappa shape index (κ2) is 12.9. The van der Waals surface area contributed by atoms with E-state index in [0.29, 0.717) is 12.4 Å². The van der Waals surface area contributed by atoms with Crippen molar-refractivity contribution in [3.05, 3.63) is 55.6 Å². The SMILES string of the molecule is C=CC(=O)OC(C)OCC.C=CC(=O)OC(C)Oc1ccccc1. The highest BCUT2D eigenvalue weighted by Gasteiger charge is 2.06. The molecule has 0 aliphatic heterocycles. The monoisotopic (exact) mass is 336 g/mol. The van der Waals surface area contributed by atoms with E-state index >= 15 is 0 Å². The van der Waals surface area contributed by atoms with Crippen LogP contribution in [-0.2, 0) is 23.8 Å². The van der Waals surface area contributed by atoms with Crippen LogP contribution in [0.25, 0.3) is 0 Å². The van der Waals surface area contributed by atoms with Gasteiger partial charge in [-0.1, -0.05) is 31.4 Å². The standard InChI is InChI=1S/C11H12O3.C7H12O3/c1-3-11(12)14-9(2)13-10-7-5-4-6-8-10;1-4-7(8)10-6(3)9-5-2/h3-9H,1H2,2H3;4,6H,1,5H2,2-3H3. The van der Waals surface area contributed by atoms with Crippen LogP contribution in [0.3, 0.4) is 0 Å². The molecule has 0 aromatic heterocycles. The summed E-state index contributed by atoms with van der Waals surface area (Å²) in [5, 5.41) is 0. The van der Waals surface area contributed by atoms with Gasteiger partial charge in [-0.15, -0.1) is 0 Å². The highest BCUT2D eigenvalue weighted by molar-refractivity contribution is 5.81. The highest BCUT2D eigenvalue weighted by atomic mass is 16.7. The number of rotatable bonds is 8. The van der Waals surface area contributed by atoms with Gasteiger partial charge in [0, 0.05) is 25.7 Å². The van der Waals surface area contributed by atoms with Crippen LogP contribution < -0.4 is 4.74 Å². The van der Waals surface area contributed by atoms with Crippen LogP contribution in [-0.4, -0.2) is 31.1 Å². The van der Waals surface area contributed by atoms with E-state index in [9.17, 15) is 9.59 Å². The summed E-state index contributed by atoms with van der Waals surface area (Å²) in [7, 11) is 0. The first-order chi connectivity index (χ1) is 11.4. The fraction of sp³-hybridized carbons (Fsp3) is 0.333. The molecule has 0 heterocycles. The van der Waals surface area contributed by atoms with E-state index in [1.807, 2.05) is 25.1 Å². The normalized spacial score (nSPS) is 11.8. The van der Waals surface area contributed by atoms with E-state index in [4.69, 9.17) is 14.2 Å². The molecule has 2 unspecified atom stereocenters. The first-order valence-electron chi connectivity index (χ1n) is 7.42. The molecule has 0 saturated heterocycles. The second-order valence-corrected chi connectivity index (χ2v) is 4.30. The van der Waals surface area contributed by atoms with Crippen molar-refractivity contribution < 1.29 is 28.5 Å². The quantitative estimate of drug-likeness (QED) is 0.412. The molecule has 0 aliphatic rings. The minimum atomic E-state index is -0.608. The van der Waals surface area contributed by atoms with Crippen LogP contribution in [0.5, 0.6) is 5.75 Å². The molecule has 1 rings (SSSR count). The lowest BCUT2D eigenvalue weighted by Crippen LogP contribution is -2.19. The molecule has 1 aromatic rings. The maximum atomic E-state index is 10.8. The Labute approximate surface area is 142 Å². The average Bonchev–Trinajstić information content (AvgIpc) is 2.56. The van der Waals surface area contributed by atoms with Gasteiger partial charge in [0.2, 0.25) is 6.29 Å². The lowest BCUT2D eigenvalue weighted by atomic mass is 10.3. The largest absolute Gasteiger partial charge is 0.455 e. The van der Waals surface area contributed by atoms with Crippen LogP contribution in [0.4, 0.5) is 0 Å². The van der Waals surface area contributed by atoms with E-state index in [-0.39, 0.29) is 0 Å². The Hall–Kier alpha value is -2.60. The molecule has 0 bridgehead atoms. The molecule has 2 atom stereocenters. The number of hydrogen-bond donors (Lipinski definition) is 0. The zero-order valence-corrected chi connectivity index (χ0v) is 14.3. The average molecular weight is 336 g/mol. The number of carbonyl (C=O) groups excluding carboxylic acids is 2. The predicted octanol–water partition coefficient (Wildman–Crippen LogP) is 3.24. The summed E-state index contributed by atoms with van der Waals surface area (Å²) < 4.78 is 19.7. The third-order valence-electron chi connectivity index (χ3n) is 2.34. The van der Waals surface area contributed by atoms with E-state index in [1.54, 1.807) is 26.0 Å². The van der Waals surface area contributed by atoms with Crippen molar-refractivity contribution >= 4 is 11.9 Å². The number of benzene rings is 1. The van der Waals surface area contributed by atoms with Gasteiger partial charge in [-0.05, 0) is 26.0 Å². The molecule has 0 fully saturated rings.